The third-order valence-corrected chi connectivity index (χ3v) is 3.22. The molecule has 3 aromatic heterocycles. The topological polar surface area (TPSA) is 46.5 Å². The minimum Gasteiger partial charge on any atom is -0.329 e. The molecule has 0 aliphatic heterocycles. The molecule has 0 unspecified atom stereocenters. The van der Waals surface area contributed by atoms with Gasteiger partial charge in [-0.1, -0.05) is 6.07 Å². The van der Waals surface area contributed by atoms with E-state index in [1.165, 1.54) is 0 Å². The van der Waals surface area contributed by atoms with Crippen LogP contribution in [-0.4, -0.2) is 19.5 Å². The lowest BCUT2D eigenvalue weighted by Crippen LogP contribution is -2.02. The number of hydrogen-bond donors (Lipinski definition) is 1. The highest BCUT2D eigenvalue weighted by Gasteiger charge is 2.04. The largest absolute Gasteiger partial charge is 0.329 e. The van der Waals surface area contributed by atoms with Gasteiger partial charge in [0.15, 0.2) is 4.77 Å². The number of aromatic nitrogens is 4. The number of H-pyrrole nitrogens is 1. The average Bonchev–Trinajstić information content (AvgIpc) is 2.73. The number of hydrogen-bond acceptors (Lipinski definition) is 3. The Kier molecular flexibility index (Phi) is 2.90. The van der Waals surface area contributed by atoms with Crippen molar-refractivity contribution >= 4 is 23.3 Å². The molecule has 0 saturated heterocycles. The molecule has 18 heavy (non-hydrogen) atoms. The van der Waals surface area contributed by atoms with E-state index < -0.39 is 0 Å². The molecule has 3 rings (SSSR count). The second kappa shape index (κ2) is 4.70. The Morgan fingerprint density at radius 1 is 1.22 bits per heavy atom. The van der Waals surface area contributed by atoms with Crippen molar-refractivity contribution in [3.8, 4) is 0 Å². The zero-order valence-corrected chi connectivity index (χ0v) is 10.5. The molecule has 0 saturated carbocycles. The number of nitrogens with zero attached hydrogens (tertiary/aromatic N) is 3. The van der Waals surface area contributed by atoms with Gasteiger partial charge in [0.2, 0.25) is 0 Å². The molecule has 90 valence electrons. The quantitative estimate of drug-likeness (QED) is 0.733. The zero-order chi connectivity index (χ0) is 12.4. The molecule has 0 amide bonds. The highest BCUT2D eigenvalue weighted by Crippen LogP contribution is 2.12. The van der Waals surface area contributed by atoms with Gasteiger partial charge in [0.25, 0.3) is 0 Å². The predicted molar refractivity (Wildman–Crippen MR) is 72.9 cm³/mol. The predicted octanol–water partition coefficient (Wildman–Crippen LogP) is 2.73. The molecule has 0 aliphatic rings. The van der Waals surface area contributed by atoms with E-state index in [9.17, 15) is 0 Å². The van der Waals surface area contributed by atoms with Crippen molar-refractivity contribution in [1.29, 1.82) is 0 Å². The van der Waals surface area contributed by atoms with Crippen LogP contribution < -0.4 is 0 Å². The Hall–Kier alpha value is -2.01. The van der Waals surface area contributed by atoms with Crippen molar-refractivity contribution in [3.05, 3.63) is 53.3 Å². The van der Waals surface area contributed by atoms with E-state index >= 15 is 0 Å². The minimum atomic E-state index is 0.730. The molecule has 0 radical (unpaired) electrons. The Bertz CT molecular complexity index is 714. The van der Waals surface area contributed by atoms with E-state index in [2.05, 4.69) is 19.5 Å². The molecule has 0 bridgehead atoms. The molecule has 4 nitrogen and oxygen atoms in total. The second-order valence-electron chi connectivity index (χ2n) is 4.05. The number of nitrogens with one attached hydrogen (secondary N) is 1. The summed E-state index contributed by atoms with van der Waals surface area (Å²) in [5.41, 5.74) is 3.14. The average molecular weight is 256 g/mol. The maximum absolute atomic E-state index is 5.33. The lowest BCUT2D eigenvalue weighted by molar-refractivity contribution is 0.695. The first-order chi connectivity index (χ1) is 8.84. The molecular formula is C13H12N4S. The summed E-state index contributed by atoms with van der Waals surface area (Å²) in [6, 6.07) is 7.92. The van der Waals surface area contributed by atoms with Crippen molar-refractivity contribution in [2.24, 2.45) is 0 Å². The van der Waals surface area contributed by atoms with Crippen molar-refractivity contribution in [2.75, 3.05) is 0 Å². The summed E-state index contributed by atoms with van der Waals surface area (Å²) < 4.78 is 2.81. The monoisotopic (exact) mass is 256 g/mol. The fourth-order valence-electron chi connectivity index (χ4n) is 2.01. The van der Waals surface area contributed by atoms with Crippen LogP contribution in [0.1, 0.15) is 5.69 Å². The van der Waals surface area contributed by atoms with Gasteiger partial charge < -0.3 is 9.55 Å². The first-order valence-electron chi connectivity index (χ1n) is 5.77. The second-order valence-corrected chi connectivity index (χ2v) is 4.43. The van der Waals surface area contributed by atoms with Crippen LogP contribution in [0.2, 0.25) is 0 Å². The molecule has 3 aromatic rings. The molecule has 0 spiro atoms. The molecule has 0 fully saturated rings. The third-order valence-electron chi connectivity index (χ3n) is 2.89. The van der Waals surface area contributed by atoms with E-state index in [-0.39, 0.29) is 0 Å². The Balaban J connectivity index is 1.91. The molecule has 0 aromatic carbocycles. The maximum atomic E-state index is 5.33. The van der Waals surface area contributed by atoms with Crippen LogP contribution in [0.4, 0.5) is 0 Å². The molecule has 1 N–H and O–H groups in total. The third kappa shape index (κ3) is 2.04. The number of pyridine rings is 2. The SMILES string of the molecule is S=c1[nH]c2cnccc2n1CCc1ccccn1. The number of aromatic amines is 1. The van der Waals surface area contributed by atoms with Crippen molar-refractivity contribution < 1.29 is 0 Å². The molecule has 0 aliphatic carbocycles. The van der Waals surface area contributed by atoms with E-state index in [4.69, 9.17) is 12.2 Å². The van der Waals surface area contributed by atoms with Gasteiger partial charge in [-0.05, 0) is 30.4 Å². The summed E-state index contributed by atoms with van der Waals surface area (Å²) in [6.45, 7) is 0.819. The lowest BCUT2D eigenvalue weighted by Gasteiger charge is -2.03. The molecule has 5 heteroatoms. The highest BCUT2D eigenvalue weighted by atomic mass is 32.1. The van der Waals surface area contributed by atoms with Crippen LogP contribution in [0.25, 0.3) is 11.0 Å². The molecular weight excluding hydrogens is 244 g/mol. The lowest BCUT2D eigenvalue weighted by atomic mass is 10.2. The Morgan fingerprint density at radius 2 is 2.17 bits per heavy atom. The highest BCUT2D eigenvalue weighted by molar-refractivity contribution is 7.71. The molecule has 0 atom stereocenters. The smallest absolute Gasteiger partial charge is 0.178 e. The fraction of sp³-hybridized carbons (Fsp3) is 0.154. The van der Waals surface area contributed by atoms with Gasteiger partial charge in [0.05, 0.1) is 17.2 Å². The van der Waals surface area contributed by atoms with Gasteiger partial charge in [-0.3, -0.25) is 9.97 Å². The van der Waals surface area contributed by atoms with Gasteiger partial charge in [0, 0.05) is 31.1 Å². The van der Waals surface area contributed by atoms with E-state index in [1.807, 2.05) is 30.5 Å². The summed E-state index contributed by atoms with van der Waals surface area (Å²) in [5, 5.41) is 0. The van der Waals surface area contributed by atoms with E-state index in [1.54, 1.807) is 12.4 Å². The number of rotatable bonds is 3. The number of aryl methyl sites for hydroxylation is 2. The van der Waals surface area contributed by atoms with Gasteiger partial charge in [-0.2, -0.15) is 0 Å². The first-order valence-corrected chi connectivity index (χ1v) is 6.18. The Morgan fingerprint density at radius 3 is 3.00 bits per heavy atom. The normalized spacial score (nSPS) is 10.9. The van der Waals surface area contributed by atoms with E-state index in [0.29, 0.717) is 0 Å². The van der Waals surface area contributed by atoms with Crippen molar-refractivity contribution in [1.82, 2.24) is 19.5 Å². The number of imidazole rings is 1. The summed E-state index contributed by atoms with van der Waals surface area (Å²) in [6.07, 6.45) is 6.25. The summed E-state index contributed by atoms with van der Waals surface area (Å²) in [7, 11) is 0. The minimum absolute atomic E-state index is 0.730. The van der Waals surface area contributed by atoms with Crippen molar-refractivity contribution in [2.45, 2.75) is 13.0 Å². The van der Waals surface area contributed by atoms with Gasteiger partial charge >= 0.3 is 0 Å². The van der Waals surface area contributed by atoms with Crippen LogP contribution in [-0.2, 0) is 13.0 Å². The van der Waals surface area contributed by atoms with Gasteiger partial charge in [-0.15, -0.1) is 0 Å². The van der Waals surface area contributed by atoms with Crippen molar-refractivity contribution in [3.63, 3.8) is 0 Å². The van der Waals surface area contributed by atoms with Crippen LogP contribution in [0.3, 0.4) is 0 Å². The number of fused-ring (bicyclic) bond motifs is 1. The zero-order valence-electron chi connectivity index (χ0n) is 9.71. The summed E-state index contributed by atoms with van der Waals surface area (Å²) >= 11 is 5.33. The van der Waals surface area contributed by atoms with Crippen LogP contribution in [0.15, 0.2) is 42.9 Å². The maximum Gasteiger partial charge on any atom is 0.178 e. The first kappa shape index (κ1) is 11.1. The van der Waals surface area contributed by atoms with Crippen LogP contribution >= 0.6 is 12.2 Å². The van der Waals surface area contributed by atoms with Crippen LogP contribution in [0, 0.1) is 4.77 Å². The van der Waals surface area contributed by atoms with Crippen LogP contribution in [0.5, 0.6) is 0 Å². The van der Waals surface area contributed by atoms with Gasteiger partial charge in [0.1, 0.15) is 0 Å². The fourth-order valence-corrected chi connectivity index (χ4v) is 2.30. The Labute approximate surface area is 109 Å². The summed E-state index contributed by atoms with van der Waals surface area (Å²) in [4.78, 5) is 11.6. The summed E-state index contributed by atoms with van der Waals surface area (Å²) in [5.74, 6) is 0. The standard InChI is InChI=1S/C13H12N4S/c18-13-16-11-9-14-7-4-12(11)17(13)8-5-10-3-1-2-6-15-10/h1-4,6-7,9H,5,8H2,(H,16,18). The van der Waals surface area contributed by atoms with Gasteiger partial charge in [-0.25, -0.2) is 0 Å². The molecule has 3 heterocycles. The van der Waals surface area contributed by atoms with E-state index in [0.717, 1.165) is 34.5 Å².